The zero-order valence-electron chi connectivity index (χ0n) is 27.9. The summed E-state index contributed by atoms with van der Waals surface area (Å²) in [5.41, 5.74) is 0.488. The van der Waals surface area contributed by atoms with Crippen LogP contribution in [0.4, 0.5) is 0 Å². The number of rotatable bonds is 18. The number of hydrogen-bond acceptors (Lipinski definition) is 3. The fourth-order valence-corrected chi connectivity index (χ4v) is 10.5. The van der Waals surface area contributed by atoms with Gasteiger partial charge >= 0.3 is 0 Å². The molecule has 0 saturated heterocycles. The molecule has 0 heterocycles. The van der Waals surface area contributed by atoms with Crippen molar-refractivity contribution >= 4 is 11.7 Å². The Balaban J connectivity index is 1.09. The summed E-state index contributed by atoms with van der Waals surface area (Å²) < 4.78 is 0. The molecule has 4 heteroatoms. The molecule has 4 saturated carbocycles. The van der Waals surface area contributed by atoms with E-state index in [1.54, 1.807) is 0 Å². The van der Waals surface area contributed by atoms with Crippen LogP contribution in [0.2, 0.25) is 0 Å². The average Bonchev–Trinajstić information content (AvgIpc) is 3.28. The first-order chi connectivity index (χ1) is 20.3. The third kappa shape index (κ3) is 8.42. The van der Waals surface area contributed by atoms with E-state index >= 15 is 0 Å². The van der Waals surface area contributed by atoms with Gasteiger partial charge in [0.2, 0.25) is 5.91 Å². The smallest absolute Gasteiger partial charge is 0.219 e. The number of nitrogens with one attached hydrogen (secondary N) is 1. The van der Waals surface area contributed by atoms with Crippen molar-refractivity contribution in [2.75, 3.05) is 6.54 Å². The van der Waals surface area contributed by atoms with E-state index in [9.17, 15) is 14.7 Å². The van der Waals surface area contributed by atoms with Crippen LogP contribution in [0.15, 0.2) is 0 Å². The monoisotopic (exact) mass is 586 g/mol. The van der Waals surface area contributed by atoms with Gasteiger partial charge in [-0.25, -0.2) is 0 Å². The second-order valence-electron chi connectivity index (χ2n) is 15.9. The number of aliphatic hydroxyl groups excluding tert-OH is 1. The molecule has 0 aliphatic heterocycles. The maximum Gasteiger partial charge on any atom is 0.219 e. The van der Waals surface area contributed by atoms with Crippen molar-refractivity contribution in [3.05, 3.63) is 0 Å². The van der Waals surface area contributed by atoms with E-state index < -0.39 is 0 Å². The Hall–Kier alpha value is -0.900. The number of ketones is 1. The summed E-state index contributed by atoms with van der Waals surface area (Å²) in [7, 11) is 0. The number of aliphatic hydroxyl groups is 1. The van der Waals surface area contributed by atoms with Crippen LogP contribution >= 0.6 is 0 Å². The van der Waals surface area contributed by atoms with Gasteiger partial charge in [-0.2, -0.15) is 0 Å². The van der Waals surface area contributed by atoms with Crippen molar-refractivity contribution in [3.63, 3.8) is 0 Å². The van der Waals surface area contributed by atoms with Gasteiger partial charge in [0, 0.05) is 25.8 Å². The normalized spacial score (nSPS) is 35.9. The lowest BCUT2D eigenvalue weighted by Crippen LogP contribution is -2.57. The van der Waals surface area contributed by atoms with E-state index in [2.05, 4.69) is 26.1 Å². The largest absolute Gasteiger partial charge is 0.393 e. The Bertz CT molecular complexity index is 842. The van der Waals surface area contributed by atoms with Crippen LogP contribution in [0.25, 0.3) is 0 Å². The number of amides is 1. The zero-order chi connectivity index (χ0) is 30.0. The fraction of sp³-hybridized carbons (Fsp3) is 0.947. The minimum absolute atomic E-state index is 0.103. The number of fused-ring (bicyclic) bond motifs is 5. The molecule has 4 fully saturated rings. The Morgan fingerprint density at radius 3 is 2.14 bits per heavy atom. The molecule has 4 rings (SSSR count). The number of Topliss-reactive ketones (excluding diaryl/α,β-unsaturated/α-hetero) is 1. The minimum Gasteiger partial charge on any atom is -0.393 e. The molecule has 4 nitrogen and oxygen atoms in total. The highest BCUT2D eigenvalue weighted by Gasteiger charge is 2.62. The summed E-state index contributed by atoms with van der Waals surface area (Å²) in [4.78, 5) is 24.4. The van der Waals surface area contributed by atoms with E-state index in [0.717, 1.165) is 62.8 Å². The van der Waals surface area contributed by atoms with Gasteiger partial charge in [-0.15, -0.1) is 0 Å². The van der Waals surface area contributed by atoms with Gasteiger partial charge in [0.25, 0.3) is 0 Å². The first-order valence-electron chi connectivity index (χ1n) is 18.8. The van der Waals surface area contributed by atoms with E-state index in [1.807, 2.05) is 0 Å². The fourth-order valence-electron chi connectivity index (χ4n) is 10.5. The SMILES string of the molecule is CCCCCNC(=O)CCCCCCCCCCCCCC1CC2CC(=O)CC[C@]2(C)[C@@H]2CC[C@]3(C)C(O)CC[C@H]3[C@H]12. The molecule has 3 unspecified atom stereocenters. The molecule has 4 aliphatic rings. The Labute approximate surface area is 259 Å². The van der Waals surface area contributed by atoms with Crippen LogP contribution in [0.3, 0.4) is 0 Å². The first-order valence-corrected chi connectivity index (χ1v) is 18.8. The molecule has 0 radical (unpaired) electrons. The third-order valence-electron chi connectivity index (χ3n) is 13.2. The van der Waals surface area contributed by atoms with Crippen LogP contribution < -0.4 is 5.32 Å². The van der Waals surface area contributed by atoms with Crippen molar-refractivity contribution < 1.29 is 14.7 Å². The summed E-state index contributed by atoms with van der Waals surface area (Å²) >= 11 is 0. The molecule has 2 N–H and O–H groups in total. The highest BCUT2D eigenvalue weighted by atomic mass is 16.3. The number of unbranched alkanes of at least 4 members (excludes halogenated alkanes) is 12. The van der Waals surface area contributed by atoms with E-state index in [1.165, 1.54) is 109 Å². The standard InChI is InChI=1S/C38H67NO3/c1-4-5-17-26-39-35(42)19-16-14-12-10-8-6-7-9-11-13-15-18-29-27-30-28-31(40)22-24-37(30,2)33-23-25-38(3)32(36(29)33)20-21-34(38)41/h29-30,32-34,36,41H,4-28H2,1-3H3,(H,39,42)/t29?,30?,32-,33+,34?,36-,37-,38-/m0/s1. The topological polar surface area (TPSA) is 66.4 Å². The van der Waals surface area contributed by atoms with Crippen molar-refractivity contribution in [1.29, 1.82) is 0 Å². The lowest BCUT2D eigenvalue weighted by atomic mass is 9.42. The average molecular weight is 586 g/mol. The molecule has 4 aliphatic carbocycles. The van der Waals surface area contributed by atoms with E-state index in [-0.39, 0.29) is 17.4 Å². The predicted octanol–water partition coefficient (Wildman–Crippen LogP) is 9.56. The summed E-state index contributed by atoms with van der Waals surface area (Å²) in [5.74, 6) is 4.37. The maximum absolute atomic E-state index is 12.5. The van der Waals surface area contributed by atoms with Gasteiger partial charge in [-0.3, -0.25) is 9.59 Å². The van der Waals surface area contributed by atoms with Crippen LogP contribution in [-0.2, 0) is 9.59 Å². The molecule has 0 aromatic carbocycles. The van der Waals surface area contributed by atoms with Gasteiger partial charge in [0.15, 0.2) is 0 Å². The van der Waals surface area contributed by atoms with Crippen LogP contribution in [0.5, 0.6) is 0 Å². The molecule has 1 amide bonds. The second kappa shape index (κ2) is 16.4. The Morgan fingerprint density at radius 1 is 0.810 bits per heavy atom. The van der Waals surface area contributed by atoms with Gasteiger partial charge in [-0.1, -0.05) is 104 Å². The molecule has 242 valence electrons. The van der Waals surface area contributed by atoms with Gasteiger partial charge in [-0.05, 0) is 91.8 Å². The first kappa shape index (κ1) is 34.0. The number of carbonyl (C=O) groups excluding carboxylic acids is 2. The van der Waals surface area contributed by atoms with Crippen molar-refractivity contribution in [2.45, 2.75) is 181 Å². The quantitative estimate of drug-likeness (QED) is 0.157. The zero-order valence-corrected chi connectivity index (χ0v) is 27.9. The highest BCUT2D eigenvalue weighted by Crippen LogP contribution is 2.67. The second-order valence-corrected chi connectivity index (χ2v) is 15.9. The minimum atomic E-state index is -0.103. The summed E-state index contributed by atoms with van der Waals surface area (Å²) in [5, 5.41) is 14.0. The van der Waals surface area contributed by atoms with Crippen LogP contribution in [-0.4, -0.2) is 29.4 Å². The molecule has 8 atom stereocenters. The van der Waals surface area contributed by atoms with Crippen LogP contribution in [0, 0.1) is 40.4 Å². The molecule has 0 aromatic heterocycles. The molecule has 0 aromatic rings. The van der Waals surface area contributed by atoms with Crippen molar-refractivity contribution in [1.82, 2.24) is 5.32 Å². The Morgan fingerprint density at radius 2 is 1.45 bits per heavy atom. The summed E-state index contributed by atoms with van der Waals surface area (Å²) in [6.07, 6.45) is 28.6. The lowest BCUT2D eigenvalue weighted by Gasteiger charge is -2.62. The number of hydrogen-bond donors (Lipinski definition) is 2. The Kier molecular flexibility index (Phi) is 13.3. The van der Waals surface area contributed by atoms with Gasteiger partial charge < -0.3 is 10.4 Å². The van der Waals surface area contributed by atoms with Crippen molar-refractivity contribution in [2.24, 2.45) is 40.4 Å². The summed E-state index contributed by atoms with van der Waals surface area (Å²) in [6.45, 7) is 8.01. The maximum atomic E-state index is 12.5. The molecular weight excluding hydrogens is 518 g/mol. The lowest BCUT2D eigenvalue weighted by molar-refractivity contribution is -0.156. The van der Waals surface area contributed by atoms with Gasteiger partial charge in [0.05, 0.1) is 6.10 Å². The van der Waals surface area contributed by atoms with E-state index in [0.29, 0.717) is 29.5 Å². The van der Waals surface area contributed by atoms with Crippen LogP contribution in [0.1, 0.15) is 175 Å². The molecular formula is C38H67NO3. The molecule has 0 bridgehead atoms. The molecule has 42 heavy (non-hydrogen) atoms. The van der Waals surface area contributed by atoms with Gasteiger partial charge in [0.1, 0.15) is 5.78 Å². The third-order valence-corrected chi connectivity index (χ3v) is 13.2. The summed E-state index contributed by atoms with van der Waals surface area (Å²) in [6, 6.07) is 0. The predicted molar refractivity (Wildman–Crippen MR) is 174 cm³/mol. The van der Waals surface area contributed by atoms with E-state index in [4.69, 9.17) is 0 Å². The molecule has 0 spiro atoms. The highest BCUT2D eigenvalue weighted by molar-refractivity contribution is 5.79. The number of carbonyl (C=O) groups is 2. The van der Waals surface area contributed by atoms with Crippen molar-refractivity contribution in [3.8, 4) is 0 Å².